The van der Waals surface area contributed by atoms with Crippen molar-refractivity contribution in [2.75, 3.05) is 6.54 Å². The molecule has 2 aromatic rings. The quantitative estimate of drug-likeness (QED) is 0.745. The Bertz CT molecular complexity index is 735. The molecular formula is C21H28N4S. The van der Waals surface area contributed by atoms with Gasteiger partial charge in [-0.05, 0) is 55.2 Å². The summed E-state index contributed by atoms with van der Waals surface area (Å²) >= 11 is 5.70. The third-order valence-corrected chi connectivity index (χ3v) is 6.13. The molecule has 0 unspecified atom stereocenters. The first-order valence-electron chi connectivity index (χ1n) is 9.93. The Morgan fingerprint density at radius 1 is 1.23 bits per heavy atom. The van der Waals surface area contributed by atoms with Crippen molar-refractivity contribution in [1.29, 1.82) is 0 Å². The van der Waals surface area contributed by atoms with Gasteiger partial charge in [0.25, 0.3) is 0 Å². The molecule has 26 heavy (non-hydrogen) atoms. The summed E-state index contributed by atoms with van der Waals surface area (Å²) in [6.07, 6.45) is 14.1. The molecule has 1 saturated heterocycles. The van der Waals surface area contributed by atoms with Crippen molar-refractivity contribution in [1.82, 2.24) is 19.8 Å². The maximum absolute atomic E-state index is 5.70. The Hall–Kier alpha value is -1.88. The van der Waals surface area contributed by atoms with Gasteiger partial charge in [-0.1, -0.05) is 32.3 Å². The number of nitrogens with one attached hydrogen (secondary N) is 1. The Kier molecular flexibility index (Phi) is 5.25. The number of hydrogen-bond acceptors (Lipinski definition) is 2. The summed E-state index contributed by atoms with van der Waals surface area (Å²) in [7, 11) is 0. The molecule has 1 aliphatic carbocycles. The zero-order chi connectivity index (χ0) is 17.9. The number of hydrogen-bond donors (Lipinski definition) is 1. The van der Waals surface area contributed by atoms with Crippen molar-refractivity contribution in [2.45, 2.75) is 63.6 Å². The van der Waals surface area contributed by atoms with Crippen LogP contribution in [0, 0.1) is 0 Å². The molecule has 3 heterocycles. The van der Waals surface area contributed by atoms with E-state index in [2.05, 4.69) is 57.3 Å². The molecular weight excluding hydrogens is 340 g/mol. The van der Waals surface area contributed by atoms with Gasteiger partial charge in [-0.25, -0.2) is 0 Å². The number of nitrogens with zero attached hydrogens (tertiary/aromatic N) is 3. The molecule has 2 atom stereocenters. The molecule has 1 N–H and O–H groups in total. The lowest BCUT2D eigenvalue weighted by Gasteiger charge is -2.27. The van der Waals surface area contributed by atoms with E-state index in [1.54, 1.807) is 0 Å². The van der Waals surface area contributed by atoms with Gasteiger partial charge in [-0.15, -0.1) is 0 Å². The highest BCUT2D eigenvalue weighted by Crippen LogP contribution is 2.40. The molecule has 2 fully saturated rings. The summed E-state index contributed by atoms with van der Waals surface area (Å²) in [4.78, 5) is 6.98. The lowest BCUT2D eigenvalue weighted by molar-refractivity contribution is 0.312. The zero-order valence-corrected chi connectivity index (χ0v) is 16.3. The molecule has 0 spiro atoms. The van der Waals surface area contributed by atoms with Crippen molar-refractivity contribution in [3.05, 3.63) is 54.1 Å². The average Bonchev–Trinajstić information content (AvgIpc) is 3.40. The van der Waals surface area contributed by atoms with E-state index >= 15 is 0 Å². The number of thiocarbonyl (C=S) groups is 1. The minimum Gasteiger partial charge on any atom is -0.352 e. The highest BCUT2D eigenvalue weighted by Gasteiger charge is 2.39. The molecule has 1 saturated carbocycles. The zero-order valence-electron chi connectivity index (χ0n) is 15.5. The first-order chi connectivity index (χ1) is 12.8. The molecule has 0 bridgehead atoms. The highest BCUT2D eigenvalue weighted by molar-refractivity contribution is 7.80. The normalized spacial score (nSPS) is 23.6. The summed E-state index contributed by atoms with van der Waals surface area (Å²) in [5.41, 5.74) is 2.41. The van der Waals surface area contributed by atoms with Crippen LogP contribution in [0.4, 0.5) is 0 Å². The van der Waals surface area contributed by atoms with Gasteiger partial charge in [0.15, 0.2) is 5.11 Å². The third kappa shape index (κ3) is 3.37. The van der Waals surface area contributed by atoms with Crippen molar-refractivity contribution in [3.8, 4) is 0 Å². The van der Waals surface area contributed by atoms with Crippen molar-refractivity contribution in [2.24, 2.45) is 0 Å². The Morgan fingerprint density at radius 2 is 2.08 bits per heavy atom. The van der Waals surface area contributed by atoms with Crippen LogP contribution < -0.4 is 5.32 Å². The molecule has 2 aliphatic rings. The predicted octanol–water partition coefficient (Wildman–Crippen LogP) is 4.77. The van der Waals surface area contributed by atoms with E-state index in [1.807, 2.05) is 12.3 Å². The summed E-state index contributed by atoms with van der Waals surface area (Å²) in [6.45, 7) is 3.22. The highest BCUT2D eigenvalue weighted by atomic mass is 32.1. The van der Waals surface area contributed by atoms with Crippen LogP contribution in [-0.4, -0.2) is 26.1 Å². The lowest BCUT2D eigenvalue weighted by atomic mass is 9.99. The van der Waals surface area contributed by atoms with Gasteiger partial charge >= 0.3 is 0 Å². The number of aromatic nitrogens is 2. The Labute approximate surface area is 161 Å². The first-order valence-corrected chi connectivity index (χ1v) is 10.3. The maximum atomic E-state index is 5.70. The molecule has 4 nitrogen and oxygen atoms in total. The monoisotopic (exact) mass is 368 g/mol. The van der Waals surface area contributed by atoms with Gasteiger partial charge < -0.3 is 14.8 Å². The van der Waals surface area contributed by atoms with E-state index < -0.39 is 0 Å². The minimum absolute atomic E-state index is 0.111. The second-order valence-electron chi connectivity index (χ2n) is 7.50. The van der Waals surface area contributed by atoms with Crippen LogP contribution in [0.25, 0.3) is 0 Å². The summed E-state index contributed by atoms with van der Waals surface area (Å²) in [6, 6.07) is 9.41. The smallest absolute Gasteiger partial charge is 0.170 e. The van der Waals surface area contributed by atoms with Crippen molar-refractivity contribution in [3.63, 3.8) is 0 Å². The van der Waals surface area contributed by atoms with E-state index in [9.17, 15) is 0 Å². The molecule has 0 amide bonds. The van der Waals surface area contributed by atoms with E-state index in [0.29, 0.717) is 6.04 Å². The number of pyridine rings is 1. The SMILES string of the molecule is CCCCN1C(=S)N[C@H](c2ccccn2)[C@H]1c1ccn(C2CCCC2)c1. The van der Waals surface area contributed by atoms with Crippen LogP contribution in [0.1, 0.15) is 74.8 Å². The third-order valence-electron chi connectivity index (χ3n) is 5.78. The fourth-order valence-electron chi connectivity index (χ4n) is 4.37. The second-order valence-corrected chi connectivity index (χ2v) is 7.89. The van der Waals surface area contributed by atoms with Crippen LogP contribution in [0.15, 0.2) is 42.9 Å². The Balaban J connectivity index is 1.66. The number of rotatable bonds is 6. The average molecular weight is 369 g/mol. The van der Waals surface area contributed by atoms with Crippen LogP contribution in [0.2, 0.25) is 0 Å². The predicted molar refractivity (Wildman–Crippen MR) is 109 cm³/mol. The molecule has 2 aromatic heterocycles. The molecule has 4 rings (SSSR count). The van der Waals surface area contributed by atoms with Crippen LogP contribution in [-0.2, 0) is 0 Å². The van der Waals surface area contributed by atoms with Gasteiger partial charge in [0, 0.05) is 31.2 Å². The van der Waals surface area contributed by atoms with E-state index in [0.717, 1.165) is 23.8 Å². The number of unbranched alkanes of at least 4 members (excludes halogenated alkanes) is 1. The van der Waals surface area contributed by atoms with Gasteiger partial charge in [-0.3, -0.25) is 4.98 Å². The fraction of sp³-hybridized carbons (Fsp3) is 0.524. The van der Waals surface area contributed by atoms with Crippen LogP contribution >= 0.6 is 12.2 Å². The van der Waals surface area contributed by atoms with E-state index in [4.69, 9.17) is 12.2 Å². The fourth-order valence-corrected chi connectivity index (χ4v) is 4.70. The maximum Gasteiger partial charge on any atom is 0.170 e. The Morgan fingerprint density at radius 3 is 2.81 bits per heavy atom. The van der Waals surface area contributed by atoms with E-state index in [-0.39, 0.29) is 12.1 Å². The van der Waals surface area contributed by atoms with Gasteiger partial charge in [-0.2, -0.15) is 0 Å². The largest absolute Gasteiger partial charge is 0.352 e. The lowest BCUT2D eigenvalue weighted by Crippen LogP contribution is -2.30. The summed E-state index contributed by atoms with van der Waals surface area (Å²) < 4.78 is 2.43. The molecule has 1 aliphatic heterocycles. The van der Waals surface area contributed by atoms with Gasteiger partial charge in [0.2, 0.25) is 0 Å². The van der Waals surface area contributed by atoms with Crippen LogP contribution in [0.5, 0.6) is 0 Å². The van der Waals surface area contributed by atoms with Crippen molar-refractivity contribution < 1.29 is 0 Å². The van der Waals surface area contributed by atoms with Gasteiger partial charge in [0.1, 0.15) is 0 Å². The minimum atomic E-state index is 0.111. The van der Waals surface area contributed by atoms with Crippen LogP contribution in [0.3, 0.4) is 0 Å². The first kappa shape index (κ1) is 17.5. The second kappa shape index (κ2) is 7.78. The molecule has 0 radical (unpaired) electrons. The van der Waals surface area contributed by atoms with Gasteiger partial charge in [0.05, 0.1) is 17.8 Å². The topological polar surface area (TPSA) is 33.1 Å². The summed E-state index contributed by atoms with van der Waals surface area (Å²) in [5.74, 6) is 0. The molecule has 0 aromatic carbocycles. The summed E-state index contributed by atoms with van der Waals surface area (Å²) in [5, 5.41) is 4.40. The standard InChI is InChI=1S/C21H28N4S/c1-2-3-13-25-20(16-11-14-24(15-16)17-8-4-5-9-17)19(23-21(25)26)18-10-6-7-12-22-18/h6-7,10-12,14-15,17,19-20H,2-5,8-9,13H2,1H3,(H,23,26)/t19-,20-/m1/s1. The molecule has 138 valence electrons. The van der Waals surface area contributed by atoms with E-state index in [1.165, 1.54) is 37.7 Å². The van der Waals surface area contributed by atoms with Crippen molar-refractivity contribution >= 4 is 17.3 Å². The molecule has 5 heteroatoms.